The van der Waals surface area contributed by atoms with Gasteiger partial charge in [0.25, 0.3) is 0 Å². The number of methoxy groups -OCH3 is 1. The van der Waals surface area contributed by atoms with Gasteiger partial charge in [-0.15, -0.1) is 0 Å². The van der Waals surface area contributed by atoms with E-state index in [0.29, 0.717) is 31.1 Å². The second kappa shape index (κ2) is 10.9. The summed E-state index contributed by atoms with van der Waals surface area (Å²) < 4.78 is 30.4. The number of aryl methyl sites for hydroxylation is 2. The van der Waals surface area contributed by atoms with Crippen LogP contribution in [-0.2, 0) is 19.4 Å². The molecule has 1 saturated heterocycles. The monoisotopic (exact) mass is 411 g/mol. The molecule has 1 fully saturated rings. The number of piperazine rings is 1. The fourth-order valence-electron chi connectivity index (χ4n) is 3.28. The summed E-state index contributed by atoms with van der Waals surface area (Å²) in [4.78, 5) is 16.7. The lowest BCUT2D eigenvalue weighted by Gasteiger charge is -2.34. The molecule has 0 radical (unpaired) electrons. The Kier molecular flexibility index (Phi) is 8.88. The molecule has 1 aromatic carbocycles. The van der Waals surface area contributed by atoms with Gasteiger partial charge in [-0.2, -0.15) is 0 Å². The maximum atomic E-state index is 12.7. The molecule has 28 heavy (non-hydrogen) atoms. The van der Waals surface area contributed by atoms with E-state index >= 15 is 0 Å². The number of sulfone groups is 1. The Morgan fingerprint density at radius 1 is 1.14 bits per heavy atom. The standard InChI is InChI=1S/C20H33N3O4S/c1-17-5-6-18(2)19(15-17)28(25,26)14-12-22-8-10-23(11-9-22)16-20(24)21-7-4-13-27-3/h5-6,15H,4,7-14,16H2,1-3H3,(H,21,24). The summed E-state index contributed by atoms with van der Waals surface area (Å²) >= 11 is 0. The average molecular weight is 412 g/mol. The van der Waals surface area contributed by atoms with Crippen molar-refractivity contribution in [3.05, 3.63) is 29.3 Å². The Labute approximate surface area is 169 Å². The third kappa shape index (κ3) is 7.16. The van der Waals surface area contributed by atoms with Gasteiger partial charge in [0.15, 0.2) is 9.84 Å². The van der Waals surface area contributed by atoms with Crippen molar-refractivity contribution in [1.82, 2.24) is 15.1 Å². The van der Waals surface area contributed by atoms with Crippen LogP contribution in [0.1, 0.15) is 17.5 Å². The van der Waals surface area contributed by atoms with Crippen LogP contribution >= 0.6 is 0 Å². The van der Waals surface area contributed by atoms with E-state index in [1.165, 1.54) is 0 Å². The first kappa shape index (κ1) is 22.8. The third-order valence-corrected chi connectivity index (χ3v) is 6.86. The van der Waals surface area contributed by atoms with Crippen LogP contribution in [0.15, 0.2) is 23.1 Å². The van der Waals surface area contributed by atoms with E-state index in [2.05, 4.69) is 15.1 Å². The Hall–Kier alpha value is -1.48. The van der Waals surface area contributed by atoms with Gasteiger partial charge < -0.3 is 10.1 Å². The number of nitrogens with one attached hydrogen (secondary N) is 1. The Morgan fingerprint density at radius 3 is 2.50 bits per heavy atom. The fourth-order valence-corrected chi connectivity index (χ4v) is 4.92. The van der Waals surface area contributed by atoms with Gasteiger partial charge in [0.2, 0.25) is 5.91 Å². The zero-order valence-corrected chi connectivity index (χ0v) is 18.1. The molecule has 0 aliphatic carbocycles. The lowest BCUT2D eigenvalue weighted by Crippen LogP contribution is -2.50. The molecule has 0 saturated carbocycles. The molecule has 2 rings (SSSR count). The first-order chi connectivity index (χ1) is 13.3. The molecule has 0 spiro atoms. The Morgan fingerprint density at radius 2 is 1.82 bits per heavy atom. The lowest BCUT2D eigenvalue weighted by atomic mass is 10.2. The number of carbonyl (C=O) groups is 1. The molecule has 1 aromatic rings. The summed E-state index contributed by atoms with van der Waals surface area (Å²) in [5.41, 5.74) is 1.75. The minimum atomic E-state index is -3.29. The normalized spacial score (nSPS) is 16.2. The second-order valence-corrected chi connectivity index (χ2v) is 9.48. The summed E-state index contributed by atoms with van der Waals surface area (Å²) in [6, 6.07) is 5.55. The highest BCUT2D eigenvalue weighted by molar-refractivity contribution is 7.91. The molecule has 1 aliphatic rings. The van der Waals surface area contributed by atoms with Gasteiger partial charge in [-0.1, -0.05) is 12.1 Å². The topological polar surface area (TPSA) is 79.0 Å². The van der Waals surface area contributed by atoms with Crippen LogP contribution in [-0.4, -0.2) is 89.4 Å². The molecule has 1 amide bonds. The van der Waals surface area contributed by atoms with Gasteiger partial charge in [0, 0.05) is 53.0 Å². The number of amides is 1. The molecule has 7 nitrogen and oxygen atoms in total. The first-order valence-electron chi connectivity index (χ1n) is 9.82. The third-order valence-electron chi connectivity index (χ3n) is 5.03. The van der Waals surface area contributed by atoms with Crippen molar-refractivity contribution in [2.45, 2.75) is 25.2 Å². The van der Waals surface area contributed by atoms with Crippen LogP contribution < -0.4 is 5.32 Å². The average Bonchev–Trinajstić information content (AvgIpc) is 2.66. The van der Waals surface area contributed by atoms with Crippen LogP contribution in [0.2, 0.25) is 0 Å². The van der Waals surface area contributed by atoms with Crippen LogP contribution in [0.5, 0.6) is 0 Å². The number of nitrogens with zero attached hydrogens (tertiary/aromatic N) is 2. The predicted octanol–water partition coefficient (Wildman–Crippen LogP) is 0.847. The molecule has 1 heterocycles. The summed E-state index contributed by atoms with van der Waals surface area (Å²) in [7, 11) is -1.64. The number of hydrogen-bond acceptors (Lipinski definition) is 6. The maximum Gasteiger partial charge on any atom is 0.234 e. The van der Waals surface area contributed by atoms with Crippen molar-refractivity contribution in [3.8, 4) is 0 Å². The van der Waals surface area contributed by atoms with E-state index in [9.17, 15) is 13.2 Å². The summed E-state index contributed by atoms with van der Waals surface area (Å²) in [5, 5.41) is 2.90. The molecular weight excluding hydrogens is 378 g/mol. The zero-order valence-electron chi connectivity index (χ0n) is 17.2. The van der Waals surface area contributed by atoms with Crippen molar-refractivity contribution >= 4 is 15.7 Å². The van der Waals surface area contributed by atoms with Crippen molar-refractivity contribution in [1.29, 1.82) is 0 Å². The van der Waals surface area contributed by atoms with Crippen LogP contribution in [0, 0.1) is 13.8 Å². The van der Waals surface area contributed by atoms with Crippen LogP contribution in [0.25, 0.3) is 0 Å². The van der Waals surface area contributed by atoms with Gasteiger partial charge in [-0.3, -0.25) is 14.6 Å². The van der Waals surface area contributed by atoms with Crippen molar-refractivity contribution in [2.75, 3.05) is 65.3 Å². The summed E-state index contributed by atoms with van der Waals surface area (Å²) in [6.07, 6.45) is 0.810. The minimum Gasteiger partial charge on any atom is -0.385 e. The van der Waals surface area contributed by atoms with E-state index in [1.54, 1.807) is 13.2 Å². The summed E-state index contributed by atoms with van der Waals surface area (Å²) in [5.74, 6) is 0.152. The van der Waals surface area contributed by atoms with E-state index < -0.39 is 9.84 Å². The Balaban J connectivity index is 1.74. The van der Waals surface area contributed by atoms with Crippen LogP contribution in [0.4, 0.5) is 0 Å². The highest BCUT2D eigenvalue weighted by Gasteiger charge is 2.22. The van der Waals surface area contributed by atoms with Crippen molar-refractivity contribution < 1.29 is 17.9 Å². The number of hydrogen-bond donors (Lipinski definition) is 1. The number of ether oxygens (including phenoxy) is 1. The first-order valence-corrected chi connectivity index (χ1v) is 11.5. The molecule has 1 aliphatic heterocycles. The van der Waals surface area contributed by atoms with Gasteiger partial charge in [-0.05, 0) is 37.5 Å². The molecule has 0 atom stereocenters. The molecule has 1 N–H and O–H groups in total. The summed E-state index contributed by atoms with van der Waals surface area (Å²) in [6.45, 7) is 9.03. The molecule has 0 unspecified atom stereocenters. The smallest absolute Gasteiger partial charge is 0.234 e. The quantitative estimate of drug-likeness (QED) is 0.575. The number of benzene rings is 1. The second-order valence-electron chi connectivity index (χ2n) is 7.40. The van der Waals surface area contributed by atoms with E-state index in [4.69, 9.17) is 4.74 Å². The van der Waals surface area contributed by atoms with Gasteiger partial charge in [0.05, 0.1) is 17.2 Å². The molecular formula is C20H33N3O4S. The molecule has 0 aromatic heterocycles. The highest BCUT2D eigenvalue weighted by Crippen LogP contribution is 2.18. The highest BCUT2D eigenvalue weighted by atomic mass is 32.2. The van der Waals surface area contributed by atoms with Crippen molar-refractivity contribution in [3.63, 3.8) is 0 Å². The largest absolute Gasteiger partial charge is 0.385 e. The number of carbonyl (C=O) groups excluding carboxylic acids is 1. The van der Waals surface area contributed by atoms with Gasteiger partial charge in [-0.25, -0.2) is 8.42 Å². The Bertz CT molecular complexity index is 744. The van der Waals surface area contributed by atoms with Gasteiger partial charge in [0.1, 0.15) is 0 Å². The number of rotatable bonds is 10. The zero-order chi connectivity index (χ0) is 20.6. The minimum absolute atomic E-state index is 0.0297. The van der Waals surface area contributed by atoms with Gasteiger partial charge >= 0.3 is 0 Å². The molecule has 0 bridgehead atoms. The molecule has 8 heteroatoms. The molecule has 158 valence electrons. The predicted molar refractivity (Wildman–Crippen MR) is 110 cm³/mol. The van der Waals surface area contributed by atoms with Crippen LogP contribution in [0.3, 0.4) is 0 Å². The van der Waals surface area contributed by atoms with E-state index in [-0.39, 0.29) is 11.7 Å². The van der Waals surface area contributed by atoms with E-state index in [1.807, 2.05) is 26.0 Å². The SMILES string of the molecule is COCCCNC(=O)CN1CCN(CCS(=O)(=O)c2cc(C)ccc2C)CC1. The fraction of sp³-hybridized carbons (Fsp3) is 0.650. The van der Waals surface area contributed by atoms with E-state index in [0.717, 1.165) is 43.7 Å². The lowest BCUT2D eigenvalue weighted by molar-refractivity contribution is -0.122. The maximum absolute atomic E-state index is 12.7. The van der Waals surface area contributed by atoms with Crippen molar-refractivity contribution in [2.24, 2.45) is 0 Å².